The Kier molecular flexibility index (Phi) is 7.85. The Morgan fingerprint density at radius 2 is 1.65 bits per heavy atom. The molecule has 118 valence electrons. The summed E-state index contributed by atoms with van der Waals surface area (Å²) in [5, 5.41) is 0. The van der Waals surface area contributed by atoms with Crippen LogP contribution in [0.25, 0.3) is 0 Å². The Hall–Kier alpha value is -0.320. The van der Waals surface area contributed by atoms with E-state index in [1.165, 1.54) is 25.7 Å². The molecule has 2 rings (SSSR count). The van der Waals surface area contributed by atoms with Crippen LogP contribution in [0.2, 0.25) is 0 Å². The molecule has 2 aliphatic rings. The van der Waals surface area contributed by atoms with Gasteiger partial charge in [-0.2, -0.15) is 0 Å². The second kappa shape index (κ2) is 8.85. The minimum atomic E-state index is -0.294. The van der Waals surface area contributed by atoms with Crippen molar-refractivity contribution in [3.8, 4) is 0 Å². The molecule has 1 saturated heterocycles. The highest BCUT2D eigenvalue weighted by atomic mass is 35.5. The molecule has 1 aliphatic carbocycles. The van der Waals surface area contributed by atoms with Crippen molar-refractivity contribution in [2.75, 3.05) is 13.1 Å². The van der Waals surface area contributed by atoms with E-state index in [0.29, 0.717) is 0 Å². The van der Waals surface area contributed by atoms with Crippen molar-refractivity contribution in [3.05, 3.63) is 0 Å². The highest BCUT2D eigenvalue weighted by Crippen LogP contribution is 2.21. The Morgan fingerprint density at radius 3 is 2.20 bits per heavy atom. The summed E-state index contributed by atoms with van der Waals surface area (Å²) in [6.07, 6.45) is 9.16. The lowest BCUT2D eigenvalue weighted by atomic mass is 10.1. The predicted molar refractivity (Wildman–Crippen MR) is 83.1 cm³/mol. The molecule has 1 unspecified atom stereocenters. The van der Waals surface area contributed by atoms with Gasteiger partial charge in [-0.3, -0.25) is 4.79 Å². The normalized spacial score (nSPS) is 23.8. The molecule has 0 aromatic rings. The van der Waals surface area contributed by atoms with Gasteiger partial charge in [0.2, 0.25) is 0 Å². The Balaban J connectivity index is 0.00000200. The van der Waals surface area contributed by atoms with Gasteiger partial charge in [0.15, 0.2) is 0 Å². The van der Waals surface area contributed by atoms with Gasteiger partial charge >= 0.3 is 0 Å². The molecule has 2 fully saturated rings. The molecule has 4 nitrogen and oxygen atoms in total. The molecule has 1 aliphatic heterocycles. The molecule has 1 saturated carbocycles. The minimum absolute atomic E-state index is 0. The lowest BCUT2D eigenvalue weighted by Crippen LogP contribution is -2.47. The molecule has 0 bridgehead atoms. The van der Waals surface area contributed by atoms with E-state index in [-0.39, 0.29) is 36.6 Å². The van der Waals surface area contributed by atoms with Crippen molar-refractivity contribution >= 4 is 18.3 Å². The number of halogens is 1. The zero-order chi connectivity index (χ0) is 13.7. The van der Waals surface area contributed by atoms with Crippen LogP contribution in [0.15, 0.2) is 0 Å². The second-order valence-electron chi connectivity index (χ2n) is 6.05. The molecule has 0 spiro atoms. The SMILES string of the molecule is CC(OC1CCCCCC1)C(=O)N1CCC(N)CC1.Cl. The summed E-state index contributed by atoms with van der Waals surface area (Å²) in [4.78, 5) is 14.2. The summed E-state index contributed by atoms with van der Waals surface area (Å²) in [7, 11) is 0. The Morgan fingerprint density at radius 1 is 1.10 bits per heavy atom. The van der Waals surface area contributed by atoms with Gasteiger partial charge in [0.1, 0.15) is 6.10 Å². The fourth-order valence-corrected chi connectivity index (χ4v) is 3.10. The molecular weight excluding hydrogens is 276 g/mol. The van der Waals surface area contributed by atoms with E-state index < -0.39 is 0 Å². The van der Waals surface area contributed by atoms with Crippen molar-refractivity contribution in [2.45, 2.75) is 76.5 Å². The maximum atomic E-state index is 12.3. The first-order valence-electron chi connectivity index (χ1n) is 7.86. The van der Waals surface area contributed by atoms with Gasteiger partial charge in [-0.1, -0.05) is 25.7 Å². The van der Waals surface area contributed by atoms with Gasteiger partial charge in [-0.05, 0) is 32.6 Å². The van der Waals surface area contributed by atoms with Gasteiger partial charge in [0, 0.05) is 19.1 Å². The largest absolute Gasteiger partial charge is 0.365 e. The van der Waals surface area contributed by atoms with Crippen molar-refractivity contribution < 1.29 is 9.53 Å². The number of nitrogens with zero attached hydrogens (tertiary/aromatic N) is 1. The quantitative estimate of drug-likeness (QED) is 0.815. The van der Waals surface area contributed by atoms with Gasteiger partial charge in [-0.15, -0.1) is 12.4 Å². The molecule has 0 aromatic carbocycles. The number of piperidine rings is 1. The van der Waals surface area contributed by atoms with Crippen LogP contribution < -0.4 is 5.73 Å². The number of carbonyl (C=O) groups is 1. The topological polar surface area (TPSA) is 55.6 Å². The molecule has 20 heavy (non-hydrogen) atoms. The number of ether oxygens (including phenoxy) is 1. The second-order valence-corrected chi connectivity index (χ2v) is 6.05. The number of nitrogens with two attached hydrogens (primary N) is 1. The lowest BCUT2D eigenvalue weighted by molar-refractivity contribution is -0.147. The maximum Gasteiger partial charge on any atom is 0.251 e. The molecular formula is C15H29ClN2O2. The molecule has 0 aromatic heterocycles. The molecule has 1 atom stereocenters. The average Bonchev–Trinajstić information content (AvgIpc) is 2.67. The first-order chi connectivity index (χ1) is 9.16. The zero-order valence-corrected chi connectivity index (χ0v) is 13.4. The van der Waals surface area contributed by atoms with Gasteiger partial charge in [0.25, 0.3) is 5.91 Å². The van der Waals surface area contributed by atoms with Crippen molar-refractivity contribution in [3.63, 3.8) is 0 Å². The number of carbonyl (C=O) groups excluding carboxylic acids is 1. The monoisotopic (exact) mass is 304 g/mol. The summed E-state index contributed by atoms with van der Waals surface area (Å²) in [6.45, 7) is 3.48. The Bertz CT molecular complexity index is 286. The Labute approximate surface area is 128 Å². The first kappa shape index (κ1) is 17.7. The highest BCUT2D eigenvalue weighted by molar-refractivity contribution is 5.85. The van der Waals surface area contributed by atoms with Gasteiger partial charge in [-0.25, -0.2) is 0 Å². The minimum Gasteiger partial charge on any atom is -0.365 e. The van der Waals surface area contributed by atoms with Crippen LogP contribution in [0.3, 0.4) is 0 Å². The predicted octanol–water partition coefficient (Wildman–Crippen LogP) is 2.49. The highest BCUT2D eigenvalue weighted by Gasteiger charge is 2.27. The maximum absolute atomic E-state index is 12.3. The van der Waals surface area contributed by atoms with Crippen molar-refractivity contribution in [2.24, 2.45) is 5.73 Å². The number of rotatable bonds is 3. The van der Waals surface area contributed by atoms with Gasteiger partial charge < -0.3 is 15.4 Å². The van der Waals surface area contributed by atoms with Crippen LogP contribution in [0.1, 0.15) is 58.3 Å². The zero-order valence-electron chi connectivity index (χ0n) is 12.6. The van der Waals surface area contributed by atoms with Crippen molar-refractivity contribution in [1.82, 2.24) is 4.90 Å². The van der Waals surface area contributed by atoms with Crippen molar-refractivity contribution in [1.29, 1.82) is 0 Å². The average molecular weight is 305 g/mol. The fraction of sp³-hybridized carbons (Fsp3) is 0.933. The molecule has 5 heteroatoms. The standard InChI is InChI=1S/C15H28N2O2.ClH/c1-12(19-14-6-4-2-3-5-7-14)15(18)17-10-8-13(16)9-11-17;/h12-14H,2-11,16H2,1H3;1H. The first-order valence-corrected chi connectivity index (χ1v) is 7.86. The van der Waals surface area contributed by atoms with Crippen LogP contribution in [0.4, 0.5) is 0 Å². The number of hydrogen-bond acceptors (Lipinski definition) is 3. The summed E-state index contributed by atoms with van der Waals surface area (Å²) in [5.41, 5.74) is 5.87. The van der Waals surface area contributed by atoms with E-state index in [9.17, 15) is 4.79 Å². The third-order valence-electron chi connectivity index (χ3n) is 4.40. The lowest BCUT2D eigenvalue weighted by Gasteiger charge is -2.33. The van der Waals surface area contributed by atoms with Crippen LogP contribution in [0.5, 0.6) is 0 Å². The summed E-state index contributed by atoms with van der Waals surface area (Å²) < 4.78 is 5.99. The van der Waals surface area contributed by atoms with E-state index >= 15 is 0 Å². The van der Waals surface area contributed by atoms with E-state index in [4.69, 9.17) is 10.5 Å². The van der Waals surface area contributed by atoms with Crippen LogP contribution in [-0.4, -0.2) is 42.1 Å². The van der Waals surface area contributed by atoms with E-state index in [1.807, 2.05) is 11.8 Å². The van der Waals surface area contributed by atoms with Crippen LogP contribution >= 0.6 is 12.4 Å². The summed E-state index contributed by atoms with van der Waals surface area (Å²) >= 11 is 0. The third kappa shape index (κ3) is 5.23. The fourth-order valence-electron chi connectivity index (χ4n) is 3.10. The summed E-state index contributed by atoms with van der Waals surface area (Å²) in [6, 6.07) is 0.266. The van der Waals surface area contributed by atoms with Crippen LogP contribution in [0, 0.1) is 0 Å². The van der Waals surface area contributed by atoms with Crippen LogP contribution in [-0.2, 0) is 9.53 Å². The number of hydrogen-bond donors (Lipinski definition) is 1. The molecule has 0 radical (unpaired) electrons. The number of amides is 1. The van der Waals surface area contributed by atoms with E-state index in [0.717, 1.165) is 38.8 Å². The van der Waals surface area contributed by atoms with Gasteiger partial charge in [0.05, 0.1) is 6.10 Å². The third-order valence-corrected chi connectivity index (χ3v) is 4.40. The smallest absolute Gasteiger partial charge is 0.251 e. The summed E-state index contributed by atoms with van der Waals surface area (Å²) in [5.74, 6) is 0.149. The molecule has 1 heterocycles. The van der Waals surface area contributed by atoms with E-state index in [2.05, 4.69) is 0 Å². The van der Waals surface area contributed by atoms with E-state index in [1.54, 1.807) is 0 Å². The number of likely N-dealkylation sites (tertiary alicyclic amines) is 1. The molecule has 1 amide bonds. The molecule has 2 N–H and O–H groups in total.